The van der Waals surface area contributed by atoms with Crippen molar-refractivity contribution >= 4 is 23.2 Å². The second-order valence-electron chi connectivity index (χ2n) is 6.78. The predicted octanol–water partition coefficient (Wildman–Crippen LogP) is 2.82. The molecule has 3 N–H and O–H groups in total. The third-order valence-electron chi connectivity index (χ3n) is 4.54. The van der Waals surface area contributed by atoms with E-state index >= 15 is 0 Å². The van der Waals surface area contributed by atoms with Gasteiger partial charge in [-0.2, -0.15) is 9.61 Å². The molecule has 8 nitrogen and oxygen atoms in total. The van der Waals surface area contributed by atoms with E-state index < -0.39 is 12.5 Å². The Hall–Kier alpha value is -3.08. The number of anilines is 2. The standard InChI is InChI=1S/C18H19F3N6O2/c1-22-15-8-14(25-12-4-2-3-5-13(12)29-18(19,20)21)26-16-11(9-23-27(15)16)17(28)24-10-6-7-10/h2-4,8-10,13,22H,5-7H2,1H3,(H,24,28)(H,25,26). The number of alkyl halides is 3. The molecule has 1 unspecified atom stereocenters. The van der Waals surface area contributed by atoms with Gasteiger partial charge in [0.1, 0.15) is 23.3 Å². The molecule has 2 aliphatic rings. The van der Waals surface area contributed by atoms with Gasteiger partial charge >= 0.3 is 6.36 Å². The number of allylic oxidation sites excluding steroid dienone is 2. The average molecular weight is 408 g/mol. The molecule has 4 rings (SSSR count). The highest BCUT2D eigenvalue weighted by molar-refractivity contribution is 6.00. The highest BCUT2D eigenvalue weighted by Gasteiger charge is 2.35. The van der Waals surface area contributed by atoms with E-state index in [0.29, 0.717) is 5.82 Å². The van der Waals surface area contributed by atoms with E-state index in [9.17, 15) is 18.0 Å². The molecule has 0 saturated heterocycles. The van der Waals surface area contributed by atoms with Crippen LogP contribution in [0.2, 0.25) is 0 Å². The molecule has 1 amide bonds. The van der Waals surface area contributed by atoms with Crippen molar-refractivity contribution in [1.82, 2.24) is 19.9 Å². The van der Waals surface area contributed by atoms with Crippen LogP contribution in [0.1, 0.15) is 29.6 Å². The maximum atomic E-state index is 12.7. The molecule has 29 heavy (non-hydrogen) atoms. The average Bonchev–Trinajstić information content (AvgIpc) is 3.37. The van der Waals surface area contributed by atoms with E-state index in [-0.39, 0.29) is 41.1 Å². The van der Waals surface area contributed by atoms with Gasteiger partial charge in [0.25, 0.3) is 5.91 Å². The maximum absolute atomic E-state index is 12.7. The molecule has 1 fully saturated rings. The molecule has 2 heterocycles. The quantitative estimate of drug-likeness (QED) is 0.681. The minimum atomic E-state index is -4.76. The summed E-state index contributed by atoms with van der Waals surface area (Å²) in [6.45, 7) is 0. The molecule has 1 atom stereocenters. The molecule has 0 spiro atoms. The zero-order valence-corrected chi connectivity index (χ0v) is 15.5. The van der Waals surface area contributed by atoms with Crippen LogP contribution in [0.3, 0.4) is 0 Å². The lowest BCUT2D eigenvalue weighted by Crippen LogP contribution is -2.29. The van der Waals surface area contributed by atoms with Crippen LogP contribution >= 0.6 is 0 Å². The Labute approximate surface area is 163 Å². The molecule has 0 aromatic carbocycles. The molecule has 0 aliphatic heterocycles. The molecule has 11 heteroatoms. The molecule has 2 aliphatic carbocycles. The van der Waals surface area contributed by atoms with Gasteiger partial charge in [-0.15, -0.1) is 13.2 Å². The lowest BCUT2D eigenvalue weighted by molar-refractivity contribution is -0.337. The normalized spacial score (nSPS) is 19.2. The summed E-state index contributed by atoms with van der Waals surface area (Å²) in [5.74, 6) is 0.496. The van der Waals surface area contributed by atoms with E-state index in [1.165, 1.54) is 16.8 Å². The second kappa shape index (κ2) is 7.39. The largest absolute Gasteiger partial charge is 0.523 e. The van der Waals surface area contributed by atoms with Crippen LogP contribution in [0, 0.1) is 0 Å². The predicted molar refractivity (Wildman–Crippen MR) is 99.4 cm³/mol. The van der Waals surface area contributed by atoms with Crippen LogP contribution in [0.5, 0.6) is 0 Å². The van der Waals surface area contributed by atoms with Crippen molar-refractivity contribution in [1.29, 1.82) is 0 Å². The van der Waals surface area contributed by atoms with Crippen molar-refractivity contribution in [2.24, 2.45) is 0 Å². The molecule has 2 aromatic heterocycles. The lowest BCUT2D eigenvalue weighted by Gasteiger charge is -2.24. The van der Waals surface area contributed by atoms with Gasteiger partial charge in [0.2, 0.25) is 0 Å². The third kappa shape index (κ3) is 4.34. The summed E-state index contributed by atoms with van der Waals surface area (Å²) in [6, 6.07) is 1.76. The Morgan fingerprint density at radius 1 is 1.34 bits per heavy atom. The molecule has 0 bridgehead atoms. The fourth-order valence-corrected chi connectivity index (χ4v) is 3.01. The number of ether oxygens (including phenoxy) is 1. The van der Waals surface area contributed by atoms with Crippen molar-refractivity contribution in [2.45, 2.75) is 37.8 Å². The monoisotopic (exact) mass is 408 g/mol. The number of hydrogen-bond donors (Lipinski definition) is 3. The van der Waals surface area contributed by atoms with Crippen LogP contribution in [0.15, 0.2) is 36.2 Å². The molecule has 1 saturated carbocycles. The van der Waals surface area contributed by atoms with Crippen LogP contribution in [0.25, 0.3) is 5.65 Å². The first-order valence-corrected chi connectivity index (χ1v) is 9.10. The Morgan fingerprint density at radius 3 is 2.83 bits per heavy atom. The van der Waals surface area contributed by atoms with E-state index in [4.69, 9.17) is 0 Å². The lowest BCUT2D eigenvalue weighted by atomic mass is 10.1. The Morgan fingerprint density at radius 2 is 2.14 bits per heavy atom. The van der Waals surface area contributed by atoms with Crippen LogP contribution in [0.4, 0.5) is 24.8 Å². The number of nitrogens with zero attached hydrogens (tertiary/aromatic N) is 3. The number of rotatable bonds is 6. The molecular weight excluding hydrogens is 389 g/mol. The van der Waals surface area contributed by atoms with Crippen LogP contribution in [-0.2, 0) is 4.74 Å². The van der Waals surface area contributed by atoms with Gasteiger partial charge in [0.15, 0.2) is 5.65 Å². The van der Waals surface area contributed by atoms with Gasteiger partial charge in [0, 0.05) is 24.9 Å². The van der Waals surface area contributed by atoms with Crippen molar-refractivity contribution < 1.29 is 22.7 Å². The minimum Gasteiger partial charge on any atom is -0.373 e. The van der Waals surface area contributed by atoms with Gasteiger partial charge in [-0.05, 0) is 25.3 Å². The number of halogens is 3. The molecule has 154 valence electrons. The smallest absolute Gasteiger partial charge is 0.373 e. The summed E-state index contributed by atoms with van der Waals surface area (Å²) < 4.78 is 43.8. The van der Waals surface area contributed by atoms with Crippen molar-refractivity contribution in [3.8, 4) is 0 Å². The number of fused-ring (bicyclic) bond motifs is 1. The number of amides is 1. The summed E-state index contributed by atoms with van der Waals surface area (Å²) >= 11 is 0. The first-order chi connectivity index (χ1) is 13.8. The Balaban J connectivity index is 1.65. The van der Waals surface area contributed by atoms with E-state index in [0.717, 1.165) is 12.8 Å². The zero-order valence-electron chi connectivity index (χ0n) is 15.5. The fourth-order valence-electron chi connectivity index (χ4n) is 3.01. The molecule has 0 radical (unpaired) electrons. The Bertz CT molecular complexity index is 993. The van der Waals surface area contributed by atoms with E-state index in [2.05, 4.69) is 30.8 Å². The summed E-state index contributed by atoms with van der Waals surface area (Å²) in [5.41, 5.74) is 0.794. The fraction of sp³-hybridized carbons (Fsp3) is 0.389. The topological polar surface area (TPSA) is 92.6 Å². The molecular formula is C18H19F3N6O2. The van der Waals surface area contributed by atoms with Crippen molar-refractivity contribution in [3.63, 3.8) is 0 Å². The number of aromatic nitrogens is 3. The first kappa shape index (κ1) is 19.2. The third-order valence-corrected chi connectivity index (χ3v) is 4.54. The summed E-state index contributed by atoms with van der Waals surface area (Å²) in [7, 11) is 1.67. The summed E-state index contributed by atoms with van der Waals surface area (Å²) in [4.78, 5) is 16.9. The first-order valence-electron chi connectivity index (χ1n) is 9.10. The number of hydrogen-bond acceptors (Lipinski definition) is 6. The van der Waals surface area contributed by atoms with Gasteiger partial charge in [-0.1, -0.05) is 12.2 Å². The van der Waals surface area contributed by atoms with Crippen LogP contribution < -0.4 is 16.0 Å². The van der Waals surface area contributed by atoms with Gasteiger partial charge in [-0.25, -0.2) is 4.98 Å². The van der Waals surface area contributed by atoms with E-state index in [1.807, 2.05) is 0 Å². The van der Waals surface area contributed by atoms with Crippen LogP contribution in [-0.4, -0.2) is 46.1 Å². The Kier molecular flexibility index (Phi) is 4.91. The molecule has 2 aromatic rings. The van der Waals surface area contributed by atoms with Gasteiger partial charge < -0.3 is 16.0 Å². The van der Waals surface area contributed by atoms with Crippen molar-refractivity contribution in [3.05, 3.63) is 41.8 Å². The van der Waals surface area contributed by atoms with Crippen molar-refractivity contribution in [2.75, 3.05) is 17.7 Å². The summed E-state index contributed by atoms with van der Waals surface area (Å²) in [6.07, 6.45) is 2.14. The number of carbonyl (C=O) groups is 1. The van der Waals surface area contributed by atoms with E-state index in [1.54, 1.807) is 25.3 Å². The second-order valence-corrected chi connectivity index (χ2v) is 6.78. The highest BCUT2D eigenvalue weighted by atomic mass is 19.4. The minimum absolute atomic E-state index is 0.0706. The number of carbonyl (C=O) groups excluding carboxylic acids is 1. The summed E-state index contributed by atoms with van der Waals surface area (Å²) in [5, 5.41) is 12.9. The van der Waals surface area contributed by atoms with Gasteiger partial charge in [0.05, 0.1) is 6.20 Å². The zero-order chi connectivity index (χ0) is 20.6. The van der Waals surface area contributed by atoms with Gasteiger partial charge in [-0.3, -0.25) is 9.53 Å². The SMILES string of the molecule is CNc1cc(NC2=CC=CCC2OC(F)(F)F)nc2c(C(=O)NC3CC3)cnn12. The highest BCUT2D eigenvalue weighted by Crippen LogP contribution is 2.28. The number of nitrogens with one attached hydrogen (secondary N) is 3. The maximum Gasteiger partial charge on any atom is 0.523 e.